The second-order valence-corrected chi connectivity index (χ2v) is 8.23. The maximum atomic E-state index is 10.8. The summed E-state index contributed by atoms with van der Waals surface area (Å²) in [6.45, 7) is 3.10. The number of rotatable bonds is 6. The van der Waals surface area contributed by atoms with Crippen LogP contribution in [0.4, 0.5) is 17.3 Å². The van der Waals surface area contributed by atoms with Crippen LogP contribution < -0.4 is 15.0 Å². The van der Waals surface area contributed by atoms with Gasteiger partial charge in [-0.3, -0.25) is 15.1 Å². The molecule has 172 valence electrons. The highest BCUT2D eigenvalue weighted by Crippen LogP contribution is 2.33. The second-order valence-electron chi connectivity index (χ2n) is 8.23. The van der Waals surface area contributed by atoms with Gasteiger partial charge in [-0.15, -0.1) is 0 Å². The maximum absolute atomic E-state index is 10.8. The number of nitrogens with one attached hydrogen (secondary N) is 1. The van der Waals surface area contributed by atoms with Gasteiger partial charge in [0.1, 0.15) is 23.7 Å². The van der Waals surface area contributed by atoms with E-state index in [9.17, 15) is 10.1 Å². The van der Waals surface area contributed by atoms with Crippen molar-refractivity contribution in [2.75, 3.05) is 36.5 Å². The van der Waals surface area contributed by atoms with Gasteiger partial charge in [0.25, 0.3) is 0 Å². The smallest absolute Gasteiger partial charge is 0.305 e. The number of benzene rings is 1. The van der Waals surface area contributed by atoms with Gasteiger partial charge in [0, 0.05) is 43.3 Å². The third kappa shape index (κ3) is 4.92. The molecule has 3 aromatic rings. The molecule has 1 N–H and O–H groups in total. The van der Waals surface area contributed by atoms with E-state index in [0.29, 0.717) is 19.2 Å². The lowest BCUT2D eigenvalue weighted by Crippen LogP contribution is -2.36. The Hall–Kier alpha value is -3.60. The van der Waals surface area contributed by atoms with Crippen molar-refractivity contribution in [2.45, 2.75) is 37.8 Å². The Morgan fingerprint density at radius 2 is 1.76 bits per heavy atom. The number of hydrogen-bond acceptors (Lipinski definition) is 10. The highest BCUT2D eigenvalue weighted by atomic mass is 16.6. The number of morpholine rings is 1. The minimum atomic E-state index is -0.505. The molecule has 11 heteroatoms. The zero-order chi connectivity index (χ0) is 22.6. The number of hydrogen-bond donors (Lipinski definition) is 1. The molecule has 0 radical (unpaired) electrons. The van der Waals surface area contributed by atoms with Crippen molar-refractivity contribution in [3.63, 3.8) is 0 Å². The quantitative estimate of drug-likeness (QED) is 0.441. The first kappa shape index (κ1) is 21.3. The molecule has 2 aromatic heterocycles. The van der Waals surface area contributed by atoms with Crippen LogP contribution in [-0.4, -0.2) is 63.3 Å². The van der Waals surface area contributed by atoms with Crippen molar-refractivity contribution in [2.24, 2.45) is 0 Å². The Bertz CT molecular complexity index is 1110. The summed E-state index contributed by atoms with van der Waals surface area (Å²) in [6, 6.07) is 4.32. The Morgan fingerprint density at radius 3 is 2.48 bits per heavy atom. The van der Waals surface area contributed by atoms with E-state index in [-0.39, 0.29) is 17.8 Å². The molecule has 33 heavy (non-hydrogen) atoms. The summed E-state index contributed by atoms with van der Waals surface area (Å²) in [5.74, 6) is 1.17. The van der Waals surface area contributed by atoms with E-state index in [1.54, 1.807) is 12.4 Å². The van der Waals surface area contributed by atoms with Crippen molar-refractivity contribution in [1.29, 1.82) is 0 Å². The van der Waals surface area contributed by atoms with Crippen LogP contribution in [0.15, 0.2) is 36.9 Å². The second kappa shape index (κ2) is 9.49. The van der Waals surface area contributed by atoms with Gasteiger partial charge in [0.15, 0.2) is 0 Å². The van der Waals surface area contributed by atoms with E-state index in [4.69, 9.17) is 9.47 Å². The predicted octanol–water partition coefficient (Wildman–Crippen LogP) is 2.97. The molecule has 0 amide bonds. The molecule has 3 heterocycles. The first-order valence-electron chi connectivity index (χ1n) is 11.1. The molecule has 2 aliphatic rings. The van der Waals surface area contributed by atoms with Crippen LogP contribution in [0.2, 0.25) is 0 Å². The number of anilines is 2. The van der Waals surface area contributed by atoms with Crippen LogP contribution in [-0.2, 0) is 4.74 Å². The molecule has 1 saturated heterocycles. The minimum Gasteiger partial charge on any atom is -0.488 e. The van der Waals surface area contributed by atoms with Crippen LogP contribution in [0, 0.1) is 10.1 Å². The van der Waals surface area contributed by atoms with Gasteiger partial charge in [-0.25, -0.2) is 15.0 Å². The summed E-state index contributed by atoms with van der Waals surface area (Å²) in [7, 11) is 0. The van der Waals surface area contributed by atoms with Gasteiger partial charge in [0.05, 0.1) is 29.8 Å². The molecule has 0 atom stereocenters. The molecule has 1 saturated carbocycles. The zero-order valence-electron chi connectivity index (χ0n) is 18.1. The maximum Gasteiger partial charge on any atom is 0.305 e. The fourth-order valence-corrected chi connectivity index (χ4v) is 4.30. The number of nitrogens with zero attached hydrogens (tertiary/aromatic N) is 6. The van der Waals surface area contributed by atoms with Crippen LogP contribution in [0.25, 0.3) is 11.0 Å². The highest BCUT2D eigenvalue weighted by molar-refractivity contribution is 5.85. The first-order valence-corrected chi connectivity index (χ1v) is 11.1. The van der Waals surface area contributed by atoms with Crippen molar-refractivity contribution < 1.29 is 14.4 Å². The number of fused-ring (bicyclic) bond motifs is 1. The van der Waals surface area contributed by atoms with Crippen LogP contribution in [0.3, 0.4) is 0 Å². The molecule has 5 rings (SSSR count). The SMILES string of the molecule is O=[N+]([O-])c1cnc(NC2CCC(Oc3cc(N4CCOCC4)cc4nccnc34)CC2)nc1. The number of aromatic nitrogens is 4. The topological polar surface area (TPSA) is 128 Å². The van der Waals surface area contributed by atoms with Crippen molar-refractivity contribution in [3.05, 3.63) is 47.0 Å². The van der Waals surface area contributed by atoms with E-state index in [2.05, 4.69) is 42.3 Å². The highest BCUT2D eigenvalue weighted by Gasteiger charge is 2.25. The van der Waals surface area contributed by atoms with Gasteiger partial charge in [-0.05, 0) is 31.7 Å². The first-order chi connectivity index (χ1) is 16.2. The fourth-order valence-electron chi connectivity index (χ4n) is 4.30. The molecular weight excluding hydrogens is 426 g/mol. The summed E-state index contributed by atoms with van der Waals surface area (Å²) in [5.41, 5.74) is 2.55. The van der Waals surface area contributed by atoms with E-state index in [1.165, 1.54) is 12.4 Å². The van der Waals surface area contributed by atoms with Crippen LogP contribution in [0.1, 0.15) is 25.7 Å². The third-order valence-corrected chi connectivity index (χ3v) is 6.05. The molecule has 0 bridgehead atoms. The van der Waals surface area contributed by atoms with E-state index < -0.39 is 4.92 Å². The summed E-state index contributed by atoms with van der Waals surface area (Å²) in [6.07, 6.45) is 9.42. The van der Waals surface area contributed by atoms with Gasteiger partial charge >= 0.3 is 5.69 Å². The normalized spacial score (nSPS) is 21.0. The lowest BCUT2D eigenvalue weighted by atomic mass is 9.93. The van der Waals surface area contributed by atoms with Crippen molar-refractivity contribution in [1.82, 2.24) is 19.9 Å². The lowest BCUT2D eigenvalue weighted by molar-refractivity contribution is -0.385. The van der Waals surface area contributed by atoms with Crippen molar-refractivity contribution in [3.8, 4) is 5.75 Å². The molecular formula is C22H25N7O4. The Kier molecular flexibility index (Phi) is 6.11. The van der Waals surface area contributed by atoms with Crippen LogP contribution in [0.5, 0.6) is 5.75 Å². The van der Waals surface area contributed by atoms with E-state index in [1.807, 2.05) is 0 Å². The zero-order valence-corrected chi connectivity index (χ0v) is 18.1. The fraction of sp³-hybridized carbons (Fsp3) is 0.455. The summed E-state index contributed by atoms with van der Waals surface area (Å²) in [4.78, 5) is 29.6. The van der Waals surface area contributed by atoms with Gasteiger partial charge < -0.3 is 19.7 Å². The Labute approximate surface area is 190 Å². The Morgan fingerprint density at radius 1 is 1.03 bits per heavy atom. The molecule has 1 aliphatic heterocycles. The number of nitro groups is 1. The molecule has 1 aromatic carbocycles. The molecule has 11 nitrogen and oxygen atoms in total. The van der Waals surface area contributed by atoms with Crippen molar-refractivity contribution >= 4 is 28.4 Å². The minimum absolute atomic E-state index is 0.0750. The van der Waals surface area contributed by atoms with E-state index in [0.717, 1.165) is 61.2 Å². The number of ether oxygens (including phenoxy) is 2. The summed E-state index contributed by atoms with van der Waals surface area (Å²) < 4.78 is 11.9. The van der Waals surface area contributed by atoms with E-state index >= 15 is 0 Å². The van der Waals surface area contributed by atoms with Gasteiger partial charge in [0.2, 0.25) is 5.95 Å². The largest absolute Gasteiger partial charge is 0.488 e. The predicted molar refractivity (Wildman–Crippen MR) is 122 cm³/mol. The summed E-state index contributed by atoms with van der Waals surface area (Å²) in [5, 5.41) is 14.0. The molecule has 2 fully saturated rings. The lowest BCUT2D eigenvalue weighted by Gasteiger charge is -2.31. The standard InChI is InChI=1S/C22H25N7O4/c30-29(31)17-13-25-22(26-14-17)27-15-1-3-18(4-2-15)33-20-12-16(28-7-9-32-10-8-28)11-19-21(20)24-6-5-23-19/h5-6,11-15,18H,1-4,7-10H2,(H,25,26,27). The average molecular weight is 451 g/mol. The van der Waals surface area contributed by atoms with Gasteiger partial charge in [-0.1, -0.05) is 0 Å². The molecule has 1 aliphatic carbocycles. The van der Waals surface area contributed by atoms with Crippen LogP contribution >= 0.6 is 0 Å². The third-order valence-electron chi connectivity index (χ3n) is 6.05. The Balaban J connectivity index is 1.24. The van der Waals surface area contributed by atoms with Gasteiger partial charge in [-0.2, -0.15) is 0 Å². The molecule has 0 unspecified atom stereocenters. The monoisotopic (exact) mass is 451 g/mol. The molecule has 0 spiro atoms. The average Bonchev–Trinajstić information content (AvgIpc) is 2.86. The summed E-state index contributed by atoms with van der Waals surface area (Å²) >= 11 is 0.